The minimum Gasteiger partial charge on any atom is -0.389 e. The van der Waals surface area contributed by atoms with E-state index in [1.807, 2.05) is 12.1 Å². The minimum absolute atomic E-state index is 0.00385. The van der Waals surface area contributed by atoms with E-state index in [1.165, 1.54) is 25.7 Å². The molecule has 0 saturated carbocycles. The number of fused-ring (bicyclic) bond motifs is 1. The number of carbonyl (C=O) groups excluding carboxylic acids is 3. The van der Waals surface area contributed by atoms with Gasteiger partial charge in [0, 0.05) is 99.6 Å². The van der Waals surface area contributed by atoms with Gasteiger partial charge in [0.15, 0.2) is 0 Å². The van der Waals surface area contributed by atoms with Crippen molar-refractivity contribution in [1.29, 1.82) is 0 Å². The zero-order valence-electron chi connectivity index (χ0n) is 32.8. The summed E-state index contributed by atoms with van der Waals surface area (Å²) in [5.41, 5.74) is 0.0552. The number of aliphatic hydroxyl groups is 1. The second-order valence-corrected chi connectivity index (χ2v) is 18.6. The lowest BCUT2D eigenvalue weighted by atomic mass is 10.0. The van der Waals surface area contributed by atoms with Gasteiger partial charge >= 0.3 is 6.18 Å². The number of alkyl halides is 3. The predicted octanol–water partition coefficient (Wildman–Crippen LogP) is 1.95. The van der Waals surface area contributed by atoms with E-state index < -0.39 is 39.5 Å². The molecule has 3 amide bonds. The molecule has 2 aromatic heterocycles. The van der Waals surface area contributed by atoms with Gasteiger partial charge in [-0.1, -0.05) is 0 Å². The van der Waals surface area contributed by atoms with E-state index in [2.05, 4.69) is 35.9 Å². The van der Waals surface area contributed by atoms with Gasteiger partial charge < -0.3 is 25.5 Å². The third-order valence-corrected chi connectivity index (χ3v) is 13.7. The fourth-order valence-electron chi connectivity index (χ4n) is 8.56. The molecule has 3 aromatic rings. The van der Waals surface area contributed by atoms with Gasteiger partial charge in [-0.2, -0.15) is 35.3 Å². The van der Waals surface area contributed by atoms with Crippen molar-refractivity contribution >= 4 is 39.6 Å². The van der Waals surface area contributed by atoms with Crippen LogP contribution in [0.15, 0.2) is 36.8 Å². The number of nitrogens with one attached hydrogen (secondary N) is 3. The number of piperidine rings is 3. The van der Waals surface area contributed by atoms with Crippen LogP contribution in [-0.2, 0) is 39.1 Å². The van der Waals surface area contributed by atoms with E-state index in [0.717, 1.165) is 30.5 Å². The maximum Gasteiger partial charge on any atom is 0.419 e. The molecule has 4 saturated heterocycles. The fraction of sp³-hybridized carbons (Fsp3) is 0.579. The number of hydrogen-bond acceptors (Lipinski definition) is 12. The van der Waals surface area contributed by atoms with Gasteiger partial charge in [0.05, 0.1) is 24.0 Å². The Morgan fingerprint density at radius 1 is 0.932 bits per heavy atom. The molecule has 0 bridgehead atoms. The Kier molecular flexibility index (Phi) is 10.9. The van der Waals surface area contributed by atoms with Gasteiger partial charge in [0.2, 0.25) is 17.8 Å². The Labute approximate surface area is 339 Å². The molecule has 4 fully saturated rings. The number of imide groups is 1. The van der Waals surface area contributed by atoms with Crippen molar-refractivity contribution in [1.82, 2.24) is 43.9 Å². The summed E-state index contributed by atoms with van der Waals surface area (Å²) in [5.74, 6) is -0.962. The average molecular weight is 844 g/mol. The first kappa shape index (κ1) is 41.1. The van der Waals surface area contributed by atoms with Crippen LogP contribution in [0.25, 0.3) is 11.3 Å². The summed E-state index contributed by atoms with van der Waals surface area (Å²) in [6, 6.07) is 5.19. The first-order valence-corrected chi connectivity index (χ1v) is 21.3. The SMILES string of the molecule is CC(C)(O)Cn1cc(-c2nc(NC3CCN(S(=O)(=O)N4CCC(NC5CN(c6ccc7c(c6)CN(C6CCC(=O)NC6=O)C7=O)C5)CC4)CC3)ncc2C(F)(F)F)cn1. The quantitative estimate of drug-likeness (QED) is 0.205. The number of benzene rings is 1. The van der Waals surface area contributed by atoms with E-state index >= 15 is 0 Å². The van der Waals surface area contributed by atoms with Crippen molar-refractivity contribution in [3.05, 3.63) is 53.5 Å². The number of amides is 3. The summed E-state index contributed by atoms with van der Waals surface area (Å²) >= 11 is 0. The highest BCUT2D eigenvalue weighted by molar-refractivity contribution is 7.86. The van der Waals surface area contributed by atoms with Crippen LogP contribution in [0.5, 0.6) is 0 Å². The van der Waals surface area contributed by atoms with Crippen LogP contribution in [0.4, 0.5) is 24.8 Å². The largest absolute Gasteiger partial charge is 0.419 e. The van der Waals surface area contributed by atoms with Crippen LogP contribution in [0, 0.1) is 0 Å². The fourth-order valence-corrected chi connectivity index (χ4v) is 10.2. The van der Waals surface area contributed by atoms with Crippen LogP contribution in [0.1, 0.15) is 73.9 Å². The van der Waals surface area contributed by atoms with Crippen molar-refractivity contribution < 1.29 is 41.1 Å². The summed E-state index contributed by atoms with van der Waals surface area (Å²) < 4.78 is 73.4. The van der Waals surface area contributed by atoms with Crippen LogP contribution < -0.4 is 20.9 Å². The van der Waals surface area contributed by atoms with E-state index in [-0.39, 0.29) is 73.2 Å². The number of hydrogen-bond donors (Lipinski definition) is 4. The molecule has 5 aliphatic rings. The zero-order chi connectivity index (χ0) is 41.9. The molecule has 7 heterocycles. The van der Waals surface area contributed by atoms with Gasteiger partial charge in [-0.05, 0) is 69.7 Å². The van der Waals surface area contributed by atoms with Gasteiger partial charge in [-0.25, -0.2) is 9.97 Å². The first-order chi connectivity index (χ1) is 27.9. The normalized spacial score (nSPS) is 22.1. The summed E-state index contributed by atoms with van der Waals surface area (Å²) in [5, 5.41) is 23.3. The first-order valence-electron chi connectivity index (χ1n) is 19.9. The minimum atomic E-state index is -4.71. The number of carbonyl (C=O) groups is 3. The van der Waals surface area contributed by atoms with E-state index in [9.17, 15) is 41.1 Å². The Hall–Kier alpha value is -4.70. The van der Waals surface area contributed by atoms with Crippen molar-refractivity contribution in [2.75, 3.05) is 49.5 Å². The lowest BCUT2D eigenvalue weighted by molar-refractivity contribution is -0.138. The van der Waals surface area contributed by atoms with Gasteiger partial charge in [0.25, 0.3) is 16.1 Å². The molecule has 1 unspecified atom stereocenters. The topological polar surface area (TPSA) is 198 Å². The monoisotopic (exact) mass is 843 g/mol. The molecule has 0 aliphatic carbocycles. The average Bonchev–Trinajstić information content (AvgIpc) is 3.75. The van der Waals surface area contributed by atoms with Crippen molar-refractivity contribution in [3.63, 3.8) is 0 Å². The van der Waals surface area contributed by atoms with E-state index in [1.54, 1.807) is 24.8 Å². The molecule has 17 nitrogen and oxygen atoms in total. The number of halogens is 3. The Bertz CT molecular complexity index is 2210. The van der Waals surface area contributed by atoms with E-state index in [4.69, 9.17) is 0 Å². The van der Waals surface area contributed by atoms with Crippen molar-refractivity contribution in [3.8, 4) is 11.3 Å². The molecular weight excluding hydrogens is 796 g/mol. The third kappa shape index (κ3) is 8.79. The molecule has 4 N–H and O–H groups in total. The Balaban J connectivity index is 0.791. The van der Waals surface area contributed by atoms with Crippen LogP contribution in [0.3, 0.4) is 0 Å². The number of rotatable bonds is 11. The molecule has 5 aliphatic heterocycles. The molecule has 0 radical (unpaired) electrons. The zero-order valence-corrected chi connectivity index (χ0v) is 33.6. The highest BCUT2D eigenvalue weighted by atomic mass is 32.2. The van der Waals surface area contributed by atoms with Crippen LogP contribution in [0.2, 0.25) is 0 Å². The molecule has 318 valence electrons. The molecule has 21 heteroatoms. The summed E-state index contributed by atoms with van der Waals surface area (Å²) in [6.45, 7) is 6.28. The molecular formula is C38H48F3N11O6S. The predicted molar refractivity (Wildman–Crippen MR) is 208 cm³/mol. The Morgan fingerprint density at radius 2 is 1.61 bits per heavy atom. The maximum absolute atomic E-state index is 13.9. The molecule has 8 rings (SSSR count). The van der Waals surface area contributed by atoms with E-state index in [0.29, 0.717) is 57.3 Å². The highest BCUT2D eigenvalue weighted by Crippen LogP contribution is 2.37. The molecule has 59 heavy (non-hydrogen) atoms. The van der Waals surface area contributed by atoms with Gasteiger partial charge in [-0.3, -0.25) is 24.4 Å². The second-order valence-electron chi connectivity index (χ2n) is 16.7. The smallest absolute Gasteiger partial charge is 0.389 e. The van der Waals surface area contributed by atoms with Crippen LogP contribution in [-0.4, -0.2) is 134 Å². The third-order valence-electron chi connectivity index (χ3n) is 11.7. The summed E-state index contributed by atoms with van der Waals surface area (Å²) in [4.78, 5) is 49.0. The molecule has 0 spiro atoms. The number of aromatic nitrogens is 4. The number of anilines is 2. The summed E-state index contributed by atoms with van der Waals surface area (Å²) in [6.07, 6.45) is 1.35. The highest BCUT2D eigenvalue weighted by Gasteiger charge is 2.41. The standard InChI is InChI=1S/C38H48F3N11O6S/c1-37(2,56)22-49-18-24(16-43-49)33-30(38(39,40)41)17-42-36(47-33)45-26-9-13-51(14-10-26)59(57,58)50-11-7-25(8-12-50)44-27-20-48(21-27)28-3-4-29-23(15-28)19-52(35(29)55)31-5-6-32(53)46-34(31)54/h3-4,15-18,25-27,31,44,56H,5-14,19-22H2,1-2H3,(H,42,45,47)(H,46,53,54). The van der Waals surface area contributed by atoms with Crippen LogP contribution >= 0.6 is 0 Å². The molecule has 1 aromatic carbocycles. The molecule has 1 atom stereocenters. The second kappa shape index (κ2) is 15.7. The summed E-state index contributed by atoms with van der Waals surface area (Å²) in [7, 11) is -3.72. The lowest BCUT2D eigenvalue weighted by Gasteiger charge is -2.44. The Morgan fingerprint density at radius 3 is 2.25 bits per heavy atom. The van der Waals surface area contributed by atoms with Crippen molar-refractivity contribution in [2.24, 2.45) is 0 Å². The van der Waals surface area contributed by atoms with Gasteiger partial charge in [0.1, 0.15) is 11.6 Å². The number of nitrogens with zero attached hydrogens (tertiary/aromatic N) is 8. The van der Waals surface area contributed by atoms with Crippen molar-refractivity contribution in [2.45, 2.75) is 101 Å². The van der Waals surface area contributed by atoms with Gasteiger partial charge in [-0.15, -0.1) is 0 Å². The lowest BCUT2D eigenvalue weighted by Crippen LogP contribution is -2.62. The maximum atomic E-state index is 13.9.